The average molecular weight is 259 g/mol. The van der Waals surface area contributed by atoms with Crippen LogP contribution in [0.3, 0.4) is 0 Å². The molecule has 1 aliphatic rings. The van der Waals surface area contributed by atoms with E-state index in [1.54, 1.807) is 4.60 Å². The van der Waals surface area contributed by atoms with Crippen molar-refractivity contribution in [1.82, 2.24) is 13.7 Å². The van der Waals surface area contributed by atoms with Crippen LogP contribution in [-0.2, 0) is 4.84 Å². The molecule has 1 rings (SSSR count). The Labute approximate surface area is 87.5 Å². The summed E-state index contributed by atoms with van der Waals surface area (Å²) in [7, 11) is -2.22. The van der Waals surface area contributed by atoms with E-state index in [2.05, 4.69) is 0 Å². The molecule has 0 aromatic heterocycles. The molecule has 0 amide bonds. The van der Waals surface area contributed by atoms with Crippen molar-refractivity contribution in [3.8, 4) is 0 Å². The fourth-order valence-electron chi connectivity index (χ4n) is 0.721. The molecule has 0 saturated carbocycles. The molecule has 11 heteroatoms. The predicted octanol–water partition coefficient (Wildman–Crippen LogP) is -0.125. The molecule has 0 spiro atoms. The van der Waals surface area contributed by atoms with Crippen molar-refractivity contribution < 1.29 is 4.84 Å². The Morgan fingerprint density at radius 2 is 1.93 bits per heavy atom. The molecule has 14 heavy (non-hydrogen) atoms. The first kappa shape index (κ1) is 13.0. The first-order valence-corrected chi connectivity index (χ1v) is 7.49. The number of hydrogen-bond acceptors (Lipinski definition) is 8. The van der Waals surface area contributed by atoms with E-state index in [1.165, 1.54) is 9.10 Å². The molecule has 1 saturated heterocycles. The van der Waals surface area contributed by atoms with Crippen LogP contribution < -0.4 is 22.7 Å². The molecule has 0 aliphatic carbocycles. The van der Waals surface area contributed by atoms with Gasteiger partial charge in [-0.1, -0.05) is 6.92 Å². The van der Waals surface area contributed by atoms with Crippen molar-refractivity contribution in [2.75, 3.05) is 6.61 Å². The smallest absolute Gasteiger partial charge is 0.164 e. The van der Waals surface area contributed by atoms with Gasteiger partial charge in [-0.25, -0.2) is 0 Å². The van der Waals surface area contributed by atoms with Crippen molar-refractivity contribution >= 4 is 25.6 Å². The van der Waals surface area contributed by atoms with E-state index < -0.39 is 16.7 Å². The molecule has 8 nitrogen and oxygen atoms in total. The zero-order valence-corrected chi connectivity index (χ0v) is 10.7. The first-order valence-electron chi connectivity index (χ1n) is 3.96. The summed E-state index contributed by atoms with van der Waals surface area (Å²) in [4.78, 5) is 5.39. The lowest BCUT2D eigenvalue weighted by Crippen LogP contribution is -2.43. The minimum Gasteiger partial charge on any atom is -0.288 e. The lowest BCUT2D eigenvalue weighted by Gasteiger charge is -2.43. The van der Waals surface area contributed by atoms with E-state index >= 15 is 0 Å². The van der Waals surface area contributed by atoms with Crippen LogP contribution in [0.2, 0.25) is 0 Å². The lowest BCUT2D eigenvalue weighted by atomic mass is 10.5. The van der Waals surface area contributed by atoms with Crippen LogP contribution in [0.1, 0.15) is 13.3 Å². The van der Waals surface area contributed by atoms with Crippen molar-refractivity contribution in [1.29, 1.82) is 0 Å². The molecule has 0 bridgehead atoms. The molecule has 3 unspecified atom stereocenters. The van der Waals surface area contributed by atoms with Gasteiger partial charge in [0.25, 0.3) is 0 Å². The monoisotopic (exact) mass is 259 g/mol. The van der Waals surface area contributed by atoms with E-state index in [1.807, 2.05) is 6.92 Å². The molecular weight excluding hydrogens is 243 g/mol. The third-order valence-electron chi connectivity index (χ3n) is 1.43. The Morgan fingerprint density at radius 1 is 1.29 bits per heavy atom. The van der Waals surface area contributed by atoms with Gasteiger partial charge in [-0.2, -0.15) is 4.55 Å². The normalized spacial score (nSPS) is 34.1. The molecule has 1 fully saturated rings. The van der Waals surface area contributed by atoms with Crippen LogP contribution in [0.5, 0.6) is 0 Å². The van der Waals surface area contributed by atoms with Gasteiger partial charge < -0.3 is 0 Å². The SMILES string of the molecule is CCCON1PN(N)P(N)N(N)P1N. The molecule has 1 aliphatic heterocycles. The Bertz CT molecular complexity index is 186. The largest absolute Gasteiger partial charge is 0.288 e. The molecule has 3 atom stereocenters. The van der Waals surface area contributed by atoms with E-state index in [9.17, 15) is 0 Å². The molecule has 1 heterocycles. The van der Waals surface area contributed by atoms with Gasteiger partial charge in [-0.3, -0.25) is 27.5 Å². The van der Waals surface area contributed by atoms with Gasteiger partial charge in [-0.15, -0.1) is 9.15 Å². The Hall–Kier alpha value is 0.970. The summed E-state index contributed by atoms with van der Waals surface area (Å²) in [5, 5.41) is 0. The van der Waals surface area contributed by atoms with E-state index in [4.69, 9.17) is 27.5 Å². The maximum Gasteiger partial charge on any atom is 0.164 e. The topological polar surface area (TPSA) is 123 Å². The number of rotatable bonds is 3. The average Bonchev–Trinajstić information content (AvgIpc) is 2.18. The zero-order chi connectivity index (χ0) is 10.7. The summed E-state index contributed by atoms with van der Waals surface area (Å²) in [6, 6.07) is 0. The predicted molar refractivity (Wildman–Crippen MR) is 60.7 cm³/mol. The van der Waals surface area contributed by atoms with Gasteiger partial charge in [0, 0.05) is 0 Å². The van der Waals surface area contributed by atoms with Crippen LogP contribution >= 0.6 is 25.6 Å². The number of hydrogen-bond donors (Lipinski definition) is 4. The fraction of sp³-hybridized carbons (Fsp3) is 1.00. The summed E-state index contributed by atoms with van der Waals surface area (Å²) in [5.74, 6) is 11.3. The second-order valence-electron chi connectivity index (χ2n) is 2.51. The minimum atomic E-state index is -1.18. The van der Waals surface area contributed by atoms with Crippen molar-refractivity contribution in [3.63, 3.8) is 0 Å². The van der Waals surface area contributed by atoms with Gasteiger partial charge >= 0.3 is 0 Å². The maximum absolute atomic E-state index is 5.84. The molecule has 0 aromatic rings. The number of hydrazine groups is 2. The van der Waals surface area contributed by atoms with Gasteiger partial charge in [0.2, 0.25) is 0 Å². The number of nitrogens with two attached hydrogens (primary N) is 4. The highest BCUT2D eigenvalue weighted by molar-refractivity contribution is 7.75. The summed E-state index contributed by atoms with van der Waals surface area (Å²) < 4.78 is 4.43. The Kier molecular flexibility index (Phi) is 5.49. The van der Waals surface area contributed by atoms with Crippen LogP contribution in [-0.4, -0.2) is 20.3 Å². The second-order valence-corrected chi connectivity index (χ2v) is 7.61. The van der Waals surface area contributed by atoms with Gasteiger partial charge in [0.15, 0.2) is 16.7 Å². The maximum atomic E-state index is 5.84. The van der Waals surface area contributed by atoms with Crippen LogP contribution in [0, 0.1) is 0 Å². The summed E-state index contributed by atoms with van der Waals surface area (Å²) in [6.07, 6.45) is 0.913. The Morgan fingerprint density at radius 3 is 2.50 bits per heavy atom. The third-order valence-corrected chi connectivity index (χ3v) is 6.57. The summed E-state index contributed by atoms with van der Waals surface area (Å²) >= 11 is 0. The van der Waals surface area contributed by atoms with Crippen molar-refractivity contribution in [2.24, 2.45) is 22.7 Å². The second kappa shape index (κ2) is 5.89. The molecule has 0 radical (unpaired) electrons. The molecule has 0 aromatic carbocycles. The van der Waals surface area contributed by atoms with Crippen molar-refractivity contribution in [3.05, 3.63) is 0 Å². The molecule has 84 valence electrons. The fourth-order valence-corrected chi connectivity index (χ4v) is 5.34. The minimum absolute atomic E-state index is 0.131. The highest BCUT2D eigenvalue weighted by Gasteiger charge is 2.36. The standard InChI is InChI=1S/C3H16N7OP3/c1-2-3-11-10-12-8(4)13(6)9(5)14(10)7/h12H,2-7H2,1H3. The summed E-state index contributed by atoms with van der Waals surface area (Å²) in [5.41, 5.74) is 11.6. The van der Waals surface area contributed by atoms with Gasteiger partial charge in [0.05, 0.1) is 15.5 Å². The van der Waals surface area contributed by atoms with Gasteiger partial charge in [-0.05, 0) is 6.42 Å². The lowest BCUT2D eigenvalue weighted by molar-refractivity contribution is -0.0132. The molecular formula is C3H16N7OP3. The first-order chi connectivity index (χ1) is 6.57. The highest BCUT2D eigenvalue weighted by Crippen LogP contribution is 2.61. The van der Waals surface area contributed by atoms with E-state index in [-0.39, 0.29) is 8.88 Å². The highest BCUT2D eigenvalue weighted by atomic mass is 31.3. The third kappa shape index (κ3) is 2.98. The van der Waals surface area contributed by atoms with Gasteiger partial charge in [0.1, 0.15) is 0 Å². The van der Waals surface area contributed by atoms with Crippen LogP contribution in [0.4, 0.5) is 0 Å². The van der Waals surface area contributed by atoms with E-state index in [0.29, 0.717) is 6.61 Å². The van der Waals surface area contributed by atoms with Crippen LogP contribution in [0.25, 0.3) is 0 Å². The Balaban J connectivity index is 2.52. The number of nitrogens with zero attached hydrogens (tertiary/aromatic N) is 3. The zero-order valence-electron chi connectivity index (χ0n) is 7.87. The quantitative estimate of drug-likeness (QED) is 0.408. The molecule has 8 N–H and O–H groups in total. The summed E-state index contributed by atoms with van der Waals surface area (Å²) in [6.45, 7) is 2.62. The van der Waals surface area contributed by atoms with E-state index in [0.717, 1.165) is 6.42 Å². The van der Waals surface area contributed by atoms with Crippen molar-refractivity contribution in [2.45, 2.75) is 13.3 Å². The van der Waals surface area contributed by atoms with Crippen LogP contribution in [0.15, 0.2) is 0 Å².